The van der Waals surface area contributed by atoms with E-state index in [2.05, 4.69) is 0 Å². The van der Waals surface area contributed by atoms with Gasteiger partial charge in [0.25, 0.3) is 0 Å². The van der Waals surface area contributed by atoms with Gasteiger partial charge in [0, 0.05) is 29.4 Å². The summed E-state index contributed by atoms with van der Waals surface area (Å²) < 4.78 is 26.3. The second-order valence-corrected chi connectivity index (χ2v) is 8.18. The maximum absolute atomic E-state index is 13.2. The number of fused-ring (bicyclic) bond motifs is 1. The molecule has 1 unspecified atom stereocenters. The number of carbonyl (C=O) groups excluding carboxylic acids is 1. The number of aromatic nitrogens is 2. The minimum Gasteiger partial charge on any atom is -0.467 e. The van der Waals surface area contributed by atoms with Gasteiger partial charge in [0.2, 0.25) is 0 Å². The zero-order chi connectivity index (χ0) is 21.3. The summed E-state index contributed by atoms with van der Waals surface area (Å²) >= 11 is 0. The van der Waals surface area contributed by atoms with Gasteiger partial charge < -0.3 is 14.0 Å². The summed E-state index contributed by atoms with van der Waals surface area (Å²) in [4.78, 5) is 17.3. The van der Waals surface area contributed by atoms with Crippen LogP contribution in [-0.2, 0) is 20.8 Å². The van der Waals surface area contributed by atoms with Crippen LogP contribution in [0.15, 0.2) is 36.5 Å². The van der Waals surface area contributed by atoms with Crippen molar-refractivity contribution in [3.05, 3.63) is 64.7 Å². The number of pyridine rings is 1. The van der Waals surface area contributed by atoms with Crippen LogP contribution in [0.25, 0.3) is 11.0 Å². The average Bonchev–Trinajstić information content (AvgIpc) is 3.04. The van der Waals surface area contributed by atoms with E-state index in [9.17, 15) is 9.18 Å². The topological polar surface area (TPSA) is 53.4 Å². The first-order valence-corrected chi connectivity index (χ1v) is 9.56. The fraction of sp³-hybridized carbons (Fsp3) is 0.391. The van der Waals surface area contributed by atoms with E-state index < -0.39 is 17.7 Å². The van der Waals surface area contributed by atoms with Crippen molar-refractivity contribution >= 4 is 17.0 Å². The molecule has 1 atom stereocenters. The van der Waals surface area contributed by atoms with Crippen LogP contribution >= 0.6 is 0 Å². The first kappa shape index (κ1) is 21.0. The normalized spacial score (nSPS) is 12.9. The molecule has 0 amide bonds. The van der Waals surface area contributed by atoms with Gasteiger partial charge in [0.15, 0.2) is 6.10 Å². The van der Waals surface area contributed by atoms with E-state index in [0.717, 1.165) is 27.7 Å². The van der Waals surface area contributed by atoms with Gasteiger partial charge in [-0.3, -0.25) is 0 Å². The summed E-state index contributed by atoms with van der Waals surface area (Å²) in [6.45, 7) is 10.1. The van der Waals surface area contributed by atoms with Crippen LogP contribution in [0.1, 0.15) is 49.3 Å². The van der Waals surface area contributed by atoms with Crippen molar-refractivity contribution in [1.82, 2.24) is 9.55 Å². The number of hydrogen-bond donors (Lipinski definition) is 0. The third-order valence-electron chi connectivity index (χ3n) is 4.82. The third kappa shape index (κ3) is 4.48. The number of ether oxygens (including phenoxy) is 2. The van der Waals surface area contributed by atoms with E-state index in [4.69, 9.17) is 14.5 Å². The van der Waals surface area contributed by atoms with Crippen LogP contribution < -0.4 is 0 Å². The van der Waals surface area contributed by atoms with E-state index >= 15 is 0 Å². The molecule has 154 valence electrons. The van der Waals surface area contributed by atoms with Gasteiger partial charge in [0.1, 0.15) is 11.5 Å². The zero-order valence-corrected chi connectivity index (χ0v) is 17.7. The molecule has 3 aromatic rings. The lowest BCUT2D eigenvalue weighted by molar-refractivity contribution is -0.164. The number of carbonyl (C=O) groups is 1. The molecule has 0 bridgehead atoms. The Morgan fingerprint density at radius 1 is 1.17 bits per heavy atom. The number of esters is 1. The van der Waals surface area contributed by atoms with Crippen LogP contribution in [0.5, 0.6) is 0 Å². The summed E-state index contributed by atoms with van der Waals surface area (Å²) in [7, 11) is 1.36. The minimum absolute atomic E-state index is 0.256. The van der Waals surface area contributed by atoms with Crippen LogP contribution in [0, 0.1) is 19.7 Å². The van der Waals surface area contributed by atoms with Crippen LogP contribution in [-0.4, -0.2) is 28.2 Å². The van der Waals surface area contributed by atoms with E-state index in [-0.39, 0.29) is 5.82 Å². The predicted molar refractivity (Wildman–Crippen MR) is 110 cm³/mol. The number of methoxy groups -OCH3 is 1. The molecule has 0 saturated carbocycles. The fourth-order valence-electron chi connectivity index (χ4n) is 3.50. The number of aryl methyl sites for hydroxylation is 2. The molecular formula is C23H27FN2O3. The molecule has 0 radical (unpaired) electrons. The Morgan fingerprint density at radius 2 is 1.83 bits per heavy atom. The lowest BCUT2D eigenvalue weighted by Gasteiger charge is -2.28. The molecule has 2 aromatic heterocycles. The Balaban J connectivity index is 2.07. The van der Waals surface area contributed by atoms with Crippen molar-refractivity contribution in [3.8, 4) is 0 Å². The molecule has 6 heteroatoms. The molecule has 5 nitrogen and oxygen atoms in total. The Bertz CT molecular complexity index is 1030. The van der Waals surface area contributed by atoms with Crippen LogP contribution in [0.3, 0.4) is 0 Å². The predicted octanol–water partition coefficient (Wildman–Crippen LogP) is 4.87. The second kappa shape index (κ2) is 7.95. The van der Waals surface area contributed by atoms with Crippen molar-refractivity contribution < 1.29 is 18.7 Å². The van der Waals surface area contributed by atoms with Gasteiger partial charge >= 0.3 is 5.97 Å². The Kier molecular flexibility index (Phi) is 5.75. The molecule has 29 heavy (non-hydrogen) atoms. The first-order chi connectivity index (χ1) is 13.6. The summed E-state index contributed by atoms with van der Waals surface area (Å²) in [6, 6.07) is 8.41. The van der Waals surface area contributed by atoms with Crippen molar-refractivity contribution in [2.45, 2.75) is 52.9 Å². The molecule has 0 aliphatic heterocycles. The summed E-state index contributed by atoms with van der Waals surface area (Å²) in [5, 5.41) is 0.944. The van der Waals surface area contributed by atoms with E-state index in [1.165, 1.54) is 19.2 Å². The zero-order valence-electron chi connectivity index (χ0n) is 17.7. The molecule has 3 rings (SSSR count). The minimum atomic E-state index is -0.850. The number of nitrogens with zero attached hydrogens (tertiary/aromatic N) is 2. The van der Waals surface area contributed by atoms with Crippen molar-refractivity contribution in [3.63, 3.8) is 0 Å². The highest BCUT2D eigenvalue weighted by Gasteiger charge is 2.32. The van der Waals surface area contributed by atoms with Crippen molar-refractivity contribution in [2.24, 2.45) is 0 Å². The molecule has 0 spiro atoms. The van der Waals surface area contributed by atoms with Crippen molar-refractivity contribution in [2.75, 3.05) is 7.11 Å². The Hall–Kier alpha value is -2.73. The summed E-state index contributed by atoms with van der Waals surface area (Å²) in [5.41, 5.74) is 3.65. The van der Waals surface area contributed by atoms with Gasteiger partial charge in [-0.25, -0.2) is 14.2 Å². The second-order valence-electron chi connectivity index (χ2n) is 8.18. The van der Waals surface area contributed by atoms with Gasteiger partial charge in [0.05, 0.1) is 12.7 Å². The highest BCUT2D eigenvalue weighted by Crippen LogP contribution is 2.33. The average molecular weight is 398 g/mol. The lowest BCUT2D eigenvalue weighted by Crippen LogP contribution is -2.29. The maximum atomic E-state index is 13.2. The Morgan fingerprint density at radius 3 is 2.41 bits per heavy atom. The van der Waals surface area contributed by atoms with Crippen LogP contribution in [0.2, 0.25) is 0 Å². The van der Waals surface area contributed by atoms with E-state index in [1.54, 1.807) is 12.1 Å². The largest absolute Gasteiger partial charge is 0.467 e. The molecule has 0 aliphatic rings. The smallest absolute Gasteiger partial charge is 0.339 e. The van der Waals surface area contributed by atoms with E-state index in [1.807, 2.05) is 51.4 Å². The number of rotatable bonds is 5. The molecule has 0 fully saturated rings. The fourth-order valence-corrected chi connectivity index (χ4v) is 3.50. The number of hydrogen-bond acceptors (Lipinski definition) is 4. The summed E-state index contributed by atoms with van der Waals surface area (Å²) in [6.07, 6.45) is 1.10. The highest BCUT2D eigenvalue weighted by molar-refractivity contribution is 5.85. The quantitative estimate of drug-likeness (QED) is 0.576. The monoisotopic (exact) mass is 398 g/mol. The molecule has 0 aliphatic carbocycles. The highest BCUT2D eigenvalue weighted by atomic mass is 19.1. The molecule has 0 N–H and O–H groups in total. The molecule has 2 heterocycles. The maximum Gasteiger partial charge on any atom is 0.339 e. The lowest BCUT2D eigenvalue weighted by atomic mass is 9.98. The summed E-state index contributed by atoms with van der Waals surface area (Å²) in [5.74, 6) is -0.703. The molecular weight excluding hydrogens is 371 g/mol. The Labute approximate surface area is 170 Å². The standard InChI is InChI=1S/C23H27FN2O3/c1-14-18-11-12-26(13-16-7-9-17(24)10-8-16)21(18)25-15(2)19(14)20(22(27)28-6)29-23(3,4)5/h7-12,20H,13H2,1-6H3. The van der Waals surface area contributed by atoms with Gasteiger partial charge in [-0.15, -0.1) is 0 Å². The number of halogens is 1. The van der Waals surface area contributed by atoms with Gasteiger partial charge in [-0.2, -0.15) is 0 Å². The third-order valence-corrected chi connectivity index (χ3v) is 4.82. The van der Waals surface area contributed by atoms with Gasteiger partial charge in [-0.05, 0) is 63.9 Å². The van der Waals surface area contributed by atoms with Crippen LogP contribution in [0.4, 0.5) is 4.39 Å². The van der Waals surface area contributed by atoms with E-state index in [0.29, 0.717) is 12.2 Å². The molecule has 0 saturated heterocycles. The number of benzene rings is 1. The SMILES string of the molecule is COC(=O)C(OC(C)(C)C)c1c(C)nc2c(ccn2Cc2ccc(F)cc2)c1C. The van der Waals surface area contributed by atoms with Gasteiger partial charge in [-0.1, -0.05) is 12.1 Å². The first-order valence-electron chi connectivity index (χ1n) is 9.56. The van der Waals surface area contributed by atoms with Crippen molar-refractivity contribution in [1.29, 1.82) is 0 Å². The molecule has 1 aromatic carbocycles.